The fourth-order valence-electron chi connectivity index (χ4n) is 2.11. The number of ether oxygens (including phenoxy) is 1. The van der Waals surface area contributed by atoms with E-state index in [-0.39, 0.29) is 0 Å². The van der Waals surface area contributed by atoms with Crippen molar-refractivity contribution >= 4 is 23.3 Å². The third kappa shape index (κ3) is 3.57. The van der Waals surface area contributed by atoms with Gasteiger partial charge in [-0.05, 0) is 26.0 Å². The lowest BCUT2D eigenvalue weighted by Crippen LogP contribution is -2.03. The molecule has 0 radical (unpaired) electrons. The standard InChI is InChI=1S/C16H17N5O2/c1-10-8-14(19-15-9-11(2)23-21-15)20-16(17-10)18-12-6-4-5-7-13(12)22-3/h4-9H,1-3H3,(H2,17,18,19,20,21). The maximum atomic E-state index is 5.32. The molecule has 3 aromatic rings. The predicted molar refractivity (Wildman–Crippen MR) is 87.6 cm³/mol. The van der Waals surface area contributed by atoms with Crippen LogP contribution in [0.5, 0.6) is 5.75 Å². The second-order valence-corrected chi connectivity index (χ2v) is 4.99. The molecule has 2 heterocycles. The van der Waals surface area contributed by atoms with E-state index < -0.39 is 0 Å². The minimum absolute atomic E-state index is 0.470. The summed E-state index contributed by atoms with van der Waals surface area (Å²) in [7, 11) is 1.62. The van der Waals surface area contributed by atoms with E-state index in [0.717, 1.165) is 22.9 Å². The number of aromatic nitrogens is 3. The number of nitrogens with zero attached hydrogens (tertiary/aromatic N) is 3. The van der Waals surface area contributed by atoms with Crippen LogP contribution in [0.25, 0.3) is 0 Å². The fourth-order valence-corrected chi connectivity index (χ4v) is 2.11. The van der Waals surface area contributed by atoms with Crippen LogP contribution in [0.4, 0.5) is 23.3 Å². The van der Waals surface area contributed by atoms with Gasteiger partial charge in [0.15, 0.2) is 5.82 Å². The van der Waals surface area contributed by atoms with Crippen LogP contribution in [0, 0.1) is 13.8 Å². The smallest absolute Gasteiger partial charge is 0.229 e. The summed E-state index contributed by atoms with van der Waals surface area (Å²) in [6.07, 6.45) is 0. The minimum atomic E-state index is 0.470. The van der Waals surface area contributed by atoms with Crippen LogP contribution in [0.15, 0.2) is 40.9 Å². The van der Waals surface area contributed by atoms with Crippen LogP contribution in [0.2, 0.25) is 0 Å². The van der Waals surface area contributed by atoms with E-state index in [4.69, 9.17) is 9.26 Å². The highest BCUT2D eigenvalue weighted by Crippen LogP contribution is 2.26. The van der Waals surface area contributed by atoms with Crippen molar-refractivity contribution in [2.75, 3.05) is 17.7 Å². The number of methoxy groups -OCH3 is 1. The maximum Gasteiger partial charge on any atom is 0.229 e. The Morgan fingerprint density at radius 3 is 2.57 bits per heavy atom. The van der Waals surface area contributed by atoms with Crippen LogP contribution in [-0.4, -0.2) is 22.2 Å². The van der Waals surface area contributed by atoms with Crippen molar-refractivity contribution in [3.8, 4) is 5.75 Å². The van der Waals surface area contributed by atoms with Crippen molar-refractivity contribution < 1.29 is 9.26 Å². The average Bonchev–Trinajstić information content (AvgIpc) is 2.92. The van der Waals surface area contributed by atoms with Gasteiger partial charge in [0.1, 0.15) is 17.3 Å². The number of nitrogens with one attached hydrogen (secondary N) is 2. The average molecular weight is 311 g/mol. The molecule has 2 aromatic heterocycles. The highest BCUT2D eigenvalue weighted by molar-refractivity contribution is 5.64. The van der Waals surface area contributed by atoms with Crippen LogP contribution in [0.3, 0.4) is 0 Å². The molecule has 0 amide bonds. The Morgan fingerprint density at radius 1 is 1.00 bits per heavy atom. The van der Waals surface area contributed by atoms with Gasteiger partial charge in [0.25, 0.3) is 0 Å². The molecule has 3 rings (SSSR count). The molecule has 0 atom stereocenters. The third-order valence-corrected chi connectivity index (χ3v) is 3.09. The number of aryl methyl sites for hydroxylation is 2. The van der Waals surface area contributed by atoms with E-state index in [1.54, 1.807) is 13.2 Å². The molecule has 7 heteroatoms. The second kappa shape index (κ2) is 6.35. The first-order valence-electron chi connectivity index (χ1n) is 7.10. The molecular weight excluding hydrogens is 294 g/mol. The Hall–Kier alpha value is -3.09. The van der Waals surface area contributed by atoms with Crippen LogP contribution in [-0.2, 0) is 0 Å². The van der Waals surface area contributed by atoms with Gasteiger partial charge in [-0.1, -0.05) is 17.3 Å². The molecule has 0 saturated heterocycles. The van der Waals surface area contributed by atoms with Crippen molar-refractivity contribution in [2.24, 2.45) is 0 Å². The first-order valence-corrected chi connectivity index (χ1v) is 7.10. The molecule has 23 heavy (non-hydrogen) atoms. The topological polar surface area (TPSA) is 85.1 Å². The molecule has 0 fully saturated rings. The van der Waals surface area contributed by atoms with Crippen molar-refractivity contribution in [2.45, 2.75) is 13.8 Å². The van der Waals surface area contributed by atoms with Gasteiger partial charge < -0.3 is 19.9 Å². The second-order valence-electron chi connectivity index (χ2n) is 4.99. The zero-order chi connectivity index (χ0) is 16.2. The van der Waals surface area contributed by atoms with Crippen molar-refractivity contribution in [1.29, 1.82) is 0 Å². The summed E-state index contributed by atoms with van der Waals surface area (Å²) in [5, 5.41) is 10.2. The molecule has 1 aromatic carbocycles. The van der Waals surface area contributed by atoms with Crippen molar-refractivity contribution in [1.82, 2.24) is 15.1 Å². The summed E-state index contributed by atoms with van der Waals surface area (Å²) in [5.41, 5.74) is 1.61. The zero-order valence-electron chi connectivity index (χ0n) is 13.1. The maximum absolute atomic E-state index is 5.32. The Balaban J connectivity index is 1.85. The van der Waals surface area contributed by atoms with Crippen molar-refractivity contribution in [3.63, 3.8) is 0 Å². The Labute approximate surface area is 133 Å². The van der Waals surface area contributed by atoms with Gasteiger partial charge in [0.2, 0.25) is 5.95 Å². The normalized spacial score (nSPS) is 10.4. The van der Waals surface area contributed by atoms with Gasteiger partial charge >= 0.3 is 0 Å². The van der Waals surface area contributed by atoms with E-state index >= 15 is 0 Å². The summed E-state index contributed by atoms with van der Waals surface area (Å²) in [6, 6.07) is 11.2. The van der Waals surface area contributed by atoms with E-state index in [1.807, 2.05) is 44.2 Å². The van der Waals surface area contributed by atoms with Gasteiger partial charge in [0, 0.05) is 17.8 Å². The monoisotopic (exact) mass is 311 g/mol. The zero-order valence-corrected chi connectivity index (χ0v) is 13.1. The Morgan fingerprint density at radius 2 is 1.83 bits per heavy atom. The van der Waals surface area contributed by atoms with Gasteiger partial charge in [-0.25, -0.2) is 4.98 Å². The molecule has 0 unspecified atom stereocenters. The molecule has 2 N–H and O–H groups in total. The fraction of sp³-hybridized carbons (Fsp3) is 0.188. The number of anilines is 4. The molecule has 118 valence electrons. The highest BCUT2D eigenvalue weighted by atomic mass is 16.5. The molecule has 0 aliphatic carbocycles. The minimum Gasteiger partial charge on any atom is -0.495 e. The molecule has 0 bridgehead atoms. The number of hydrogen-bond donors (Lipinski definition) is 2. The summed E-state index contributed by atoms with van der Waals surface area (Å²) in [5.74, 6) is 3.15. The number of benzene rings is 1. The van der Waals surface area contributed by atoms with E-state index in [9.17, 15) is 0 Å². The Kier molecular flexibility index (Phi) is 4.09. The first kappa shape index (κ1) is 14.8. The number of rotatable bonds is 5. The number of hydrogen-bond acceptors (Lipinski definition) is 7. The SMILES string of the molecule is COc1ccccc1Nc1nc(C)cc(Nc2cc(C)on2)n1. The van der Waals surface area contributed by atoms with Crippen LogP contribution < -0.4 is 15.4 Å². The molecule has 0 aliphatic heterocycles. The lowest BCUT2D eigenvalue weighted by Gasteiger charge is -2.11. The van der Waals surface area contributed by atoms with Gasteiger partial charge in [0.05, 0.1) is 12.8 Å². The van der Waals surface area contributed by atoms with Gasteiger partial charge in [-0.15, -0.1) is 0 Å². The number of para-hydroxylation sites is 2. The molecule has 0 spiro atoms. The summed E-state index contributed by atoms with van der Waals surface area (Å²) in [6.45, 7) is 3.73. The summed E-state index contributed by atoms with van der Waals surface area (Å²) >= 11 is 0. The molecule has 0 aliphatic rings. The van der Waals surface area contributed by atoms with Crippen molar-refractivity contribution in [3.05, 3.63) is 47.9 Å². The Bertz CT molecular complexity index is 816. The summed E-state index contributed by atoms with van der Waals surface area (Å²) in [4.78, 5) is 8.83. The molecule has 0 saturated carbocycles. The van der Waals surface area contributed by atoms with E-state index in [0.29, 0.717) is 17.6 Å². The van der Waals surface area contributed by atoms with E-state index in [1.165, 1.54) is 0 Å². The van der Waals surface area contributed by atoms with Crippen LogP contribution in [0.1, 0.15) is 11.5 Å². The third-order valence-electron chi connectivity index (χ3n) is 3.09. The molecule has 7 nitrogen and oxygen atoms in total. The lowest BCUT2D eigenvalue weighted by molar-refractivity contribution is 0.400. The summed E-state index contributed by atoms with van der Waals surface area (Å²) < 4.78 is 10.4. The van der Waals surface area contributed by atoms with Crippen LogP contribution >= 0.6 is 0 Å². The first-order chi connectivity index (χ1) is 11.1. The van der Waals surface area contributed by atoms with Gasteiger partial charge in [-0.3, -0.25) is 0 Å². The highest BCUT2D eigenvalue weighted by Gasteiger charge is 2.08. The largest absolute Gasteiger partial charge is 0.495 e. The predicted octanol–water partition coefficient (Wildman–Crippen LogP) is 3.58. The van der Waals surface area contributed by atoms with Gasteiger partial charge in [-0.2, -0.15) is 4.98 Å². The lowest BCUT2D eigenvalue weighted by atomic mass is 10.3. The molecular formula is C16H17N5O2. The quantitative estimate of drug-likeness (QED) is 0.745. The van der Waals surface area contributed by atoms with E-state index in [2.05, 4.69) is 25.8 Å².